The number of hydrogen-bond acceptors (Lipinski definition) is 4. The van der Waals surface area contributed by atoms with Gasteiger partial charge in [0.15, 0.2) is 0 Å². The van der Waals surface area contributed by atoms with Crippen LogP contribution in [0.5, 0.6) is 0 Å². The van der Waals surface area contributed by atoms with Crippen LogP contribution in [0.15, 0.2) is 10.4 Å². The smallest absolute Gasteiger partial charge is 0.347 e. The summed E-state index contributed by atoms with van der Waals surface area (Å²) in [6.45, 7) is 2.08. The Labute approximate surface area is 97.0 Å². The van der Waals surface area contributed by atoms with Gasteiger partial charge in [0.25, 0.3) is 0 Å². The van der Waals surface area contributed by atoms with Gasteiger partial charge in [0.05, 0.1) is 17.2 Å². The number of rotatable bonds is 2. The van der Waals surface area contributed by atoms with Gasteiger partial charge < -0.3 is 5.73 Å². The van der Waals surface area contributed by atoms with E-state index in [-0.39, 0.29) is 12.4 Å². The fraction of sp³-hybridized carbons (Fsp3) is 0.300. The van der Waals surface area contributed by atoms with Crippen molar-refractivity contribution in [1.82, 2.24) is 9.88 Å². The zero-order valence-electron chi connectivity index (χ0n) is 8.67. The van der Waals surface area contributed by atoms with Gasteiger partial charge >= 0.3 is 6.03 Å². The Kier molecular flexibility index (Phi) is 2.62. The topological polar surface area (TPSA) is 71.6 Å². The quantitative estimate of drug-likeness (QED) is 0.773. The third kappa shape index (κ3) is 1.66. The fourth-order valence-electron chi connectivity index (χ4n) is 1.58. The molecule has 0 bridgehead atoms. The second-order valence-corrected chi connectivity index (χ2v) is 4.41. The highest BCUT2D eigenvalue weighted by Crippen LogP contribution is 2.27. The molecule has 1 aliphatic rings. The third-order valence-electron chi connectivity index (χ3n) is 2.24. The van der Waals surface area contributed by atoms with Crippen LogP contribution in [0.3, 0.4) is 0 Å². The van der Waals surface area contributed by atoms with Crippen molar-refractivity contribution < 1.29 is 4.79 Å². The number of terminal acetylenes is 1. The zero-order chi connectivity index (χ0) is 11.7. The molecule has 2 N–H and O–H groups in total. The summed E-state index contributed by atoms with van der Waals surface area (Å²) in [7, 11) is 0. The predicted molar refractivity (Wildman–Crippen MR) is 62.1 cm³/mol. The van der Waals surface area contributed by atoms with Crippen LogP contribution >= 0.6 is 11.3 Å². The largest absolute Gasteiger partial charge is 0.385 e. The molecule has 0 fully saturated rings. The maximum atomic E-state index is 11.5. The molecule has 16 heavy (non-hydrogen) atoms. The van der Waals surface area contributed by atoms with Crippen molar-refractivity contribution in [3.63, 3.8) is 0 Å². The molecule has 1 aromatic rings. The molecule has 1 aliphatic heterocycles. The molecular weight excluding hydrogens is 224 g/mol. The van der Waals surface area contributed by atoms with E-state index in [4.69, 9.17) is 12.2 Å². The van der Waals surface area contributed by atoms with Crippen LogP contribution < -0.4 is 5.73 Å². The number of aromatic nitrogens is 1. The molecule has 5 nitrogen and oxygen atoms in total. The van der Waals surface area contributed by atoms with E-state index in [1.807, 2.05) is 12.3 Å². The highest BCUT2D eigenvalue weighted by atomic mass is 32.1. The Hall–Kier alpha value is -1.87. The summed E-state index contributed by atoms with van der Waals surface area (Å²) in [6.07, 6.45) is 5.21. The molecule has 0 spiro atoms. The average molecular weight is 234 g/mol. The number of nitrogens with zero attached hydrogens (tertiary/aromatic N) is 3. The predicted octanol–water partition coefficient (Wildman–Crippen LogP) is 0.919. The normalized spacial score (nSPS) is 19.8. The third-order valence-corrected chi connectivity index (χ3v) is 3.03. The number of thiazole rings is 1. The Balaban J connectivity index is 2.35. The average Bonchev–Trinajstić information content (AvgIpc) is 2.73. The monoisotopic (exact) mass is 234 g/mol. The van der Waals surface area contributed by atoms with Crippen molar-refractivity contribution in [1.29, 1.82) is 0 Å². The second kappa shape index (κ2) is 3.94. The van der Waals surface area contributed by atoms with Crippen molar-refractivity contribution >= 4 is 23.2 Å². The highest BCUT2D eigenvalue weighted by molar-refractivity contribution is 7.09. The molecule has 1 unspecified atom stereocenters. The summed E-state index contributed by atoms with van der Waals surface area (Å²) < 4.78 is 0. The molecule has 2 rings (SSSR count). The van der Waals surface area contributed by atoms with Crippen LogP contribution in [0, 0.1) is 19.3 Å². The molecule has 2 heterocycles. The summed E-state index contributed by atoms with van der Waals surface area (Å²) in [5.74, 6) is 2.67. The van der Waals surface area contributed by atoms with E-state index in [1.54, 1.807) is 0 Å². The number of hydrogen-bond donors (Lipinski definition) is 1. The Morgan fingerprint density at radius 2 is 2.50 bits per heavy atom. The molecule has 0 saturated carbocycles. The van der Waals surface area contributed by atoms with Gasteiger partial charge in [-0.2, -0.15) is 4.99 Å². The van der Waals surface area contributed by atoms with Crippen molar-refractivity contribution in [3.05, 3.63) is 16.1 Å². The molecule has 0 aromatic carbocycles. The summed E-state index contributed by atoms with van der Waals surface area (Å²) in [5.41, 5.74) is 6.44. The number of aliphatic imine (C=N–C) groups is 1. The number of amides is 2. The maximum absolute atomic E-state index is 11.5. The van der Waals surface area contributed by atoms with Gasteiger partial charge in [-0.25, -0.2) is 9.78 Å². The first-order valence-electron chi connectivity index (χ1n) is 4.63. The number of nitrogens with two attached hydrogens (primary N) is 1. The zero-order valence-corrected chi connectivity index (χ0v) is 9.49. The number of amidine groups is 1. The number of carbonyl (C=O) groups excluding carboxylic acids is 1. The van der Waals surface area contributed by atoms with Gasteiger partial charge in [-0.05, 0) is 6.92 Å². The number of urea groups is 1. The molecule has 0 saturated heterocycles. The fourth-order valence-corrected chi connectivity index (χ4v) is 2.21. The van der Waals surface area contributed by atoms with Gasteiger partial charge in [0.1, 0.15) is 11.9 Å². The van der Waals surface area contributed by atoms with Crippen LogP contribution in [0.25, 0.3) is 0 Å². The van der Waals surface area contributed by atoms with Crippen LogP contribution in [-0.2, 0) is 0 Å². The van der Waals surface area contributed by atoms with E-state index in [2.05, 4.69) is 15.9 Å². The molecule has 1 aromatic heterocycles. The minimum atomic E-state index is -0.409. The summed E-state index contributed by atoms with van der Waals surface area (Å²) in [5, 5.41) is 2.78. The first-order chi connectivity index (χ1) is 7.63. The van der Waals surface area contributed by atoms with Crippen LogP contribution in [0.4, 0.5) is 4.79 Å². The van der Waals surface area contributed by atoms with Crippen LogP contribution in [0.2, 0.25) is 0 Å². The summed E-state index contributed by atoms with van der Waals surface area (Å²) >= 11 is 1.50. The first-order valence-corrected chi connectivity index (χ1v) is 5.51. The summed E-state index contributed by atoms with van der Waals surface area (Å²) in [4.78, 5) is 20.9. The van der Waals surface area contributed by atoms with Crippen LogP contribution in [0.1, 0.15) is 16.7 Å². The van der Waals surface area contributed by atoms with Crippen molar-refractivity contribution in [2.45, 2.75) is 13.0 Å². The lowest BCUT2D eigenvalue weighted by Gasteiger charge is -2.19. The lowest BCUT2D eigenvalue weighted by molar-refractivity contribution is 0.213. The standard InChI is InChI=1S/C10H10N4OS/c1-3-4-14-8(9(11)13-10(14)15)7-5-16-6(2)12-7/h1,5,8H,4H2,2H3,(H2,11,13,15). The Morgan fingerprint density at radius 3 is 3.06 bits per heavy atom. The van der Waals surface area contributed by atoms with E-state index in [0.717, 1.165) is 10.7 Å². The van der Waals surface area contributed by atoms with Crippen molar-refractivity contribution in [3.8, 4) is 12.3 Å². The minimum absolute atomic E-state index is 0.185. The van der Waals surface area contributed by atoms with E-state index in [0.29, 0.717) is 0 Å². The maximum Gasteiger partial charge on any atom is 0.347 e. The SMILES string of the molecule is C#CCN1C(=O)N=C(N)C1c1csc(C)n1. The van der Waals surface area contributed by atoms with Crippen molar-refractivity contribution in [2.24, 2.45) is 10.7 Å². The molecule has 82 valence electrons. The minimum Gasteiger partial charge on any atom is -0.385 e. The second-order valence-electron chi connectivity index (χ2n) is 3.35. The summed E-state index contributed by atoms with van der Waals surface area (Å²) in [6, 6.07) is -0.806. The molecule has 2 amide bonds. The Morgan fingerprint density at radius 1 is 1.75 bits per heavy atom. The molecule has 0 aliphatic carbocycles. The van der Waals surface area contributed by atoms with Crippen molar-refractivity contribution in [2.75, 3.05) is 6.54 Å². The molecule has 0 radical (unpaired) electrons. The van der Waals surface area contributed by atoms with Gasteiger partial charge in [0, 0.05) is 5.38 Å². The van der Waals surface area contributed by atoms with E-state index in [1.165, 1.54) is 16.2 Å². The van der Waals surface area contributed by atoms with Gasteiger partial charge in [-0.1, -0.05) is 5.92 Å². The van der Waals surface area contributed by atoms with Gasteiger partial charge in [-0.3, -0.25) is 4.90 Å². The number of carbonyl (C=O) groups is 1. The van der Waals surface area contributed by atoms with Crippen LogP contribution in [-0.4, -0.2) is 28.3 Å². The van der Waals surface area contributed by atoms with Gasteiger partial charge in [0.2, 0.25) is 0 Å². The van der Waals surface area contributed by atoms with Gasteiger partial charge in [-0.15, -0.1) is 17.8 Å². The highest BCUT2D eigenvalue weighted by Gasteiger charge is 2.35. The molecule has 1 atom stereocenters. The molecule has 6 heteroatoms. The Bertz CT molecular complexity index is 499. The van der Waals surface area contributed by atoms with E-state index < -0.39 is 12.1 Å². The lowest BCUT2D eigenvalue weighted by Crippen LogP contribution is -2.33. The van der Waals surface area contributed by atoms with E-state index >= 15 is 0 Å². The lowest BCUT2D eigenvalue weighted by atomic mass is 10.2. The van der Waals surface area contributed by atoms with E-state index in [9.17, 15) is 4.79 Å². The number of aryl methyl sites for hydroxylation is 1. The first kappa shape index (κ1) is 10.6. The molecular formula is C10H10N4OS.